The summed E-state index contributed by atoms with van der Waals surface area (Å²) >= 11 is 7.58. The fourth-order valence-corrected chi connectivity index (χ4v) is 3.21. The second-order valence-electron chi connectivity index (χ2n) is 5.06. The molecule has 0 spiro atoms. The van der Waals surface area contributed by atoms with Gasteiger partial charge in [0.1, 0.15) is 6.10 Å². The summed E-state index contributed by atoms with van der Waals surface area (Å²) in [5.74, 6) is 0. The van der Waals surface area contributed by atoms with Crippen LogP contribution < -0.4 is 0 Å². The third-order valence-corrected chi connectivity index (χ3v) is 4.70. The van der Waals surface area contributed by atoms with Crippen LogP contribution >= 0.6 is 22.9 Å². The molecular formula is C18H16ClNOS. The summed E-state index contributed by atoms with van der Waals surface area (Å²) in [6.45, 7) is 0. The highest BCUT2D eigenvalue weighted by Crippen LogP contribution is 2.27. The summed E-state index contributed by atoms with van der Waals surface area (Å²) in [6.07, 6.45) is 4.67. The van der Waals surface area contributed by atoms with E-state index in [-0.39, 0.29) is 0 Å². The molecule has 1 aromatic carbocycles. The largest absolute Gasteiger partial charge is 0.382 e. The van der Waals surface area contributed by atoms with Gasteiger partial charge in [-0.2, -0.15) is 0 Å². The first-order valence-corrected chi connectivity index (χ1v) is 8.40. The molecule has 22 heavy (non-hydrogen) atoms. The molecule has 1 atom stereocenters. The summed E-state index contributed by atoms with van der Waals surface area (Å²) in [4.78, 5) is 5.71. The molecule has 1 aromatic heterocycles. The summed E-state index contributed by atoms with van der Waals surface area (Å²) in [5, 5.41) is 13.6. The van der Waals surface area contributed by atoms with E-state index in [0.29, 0.717) is 5.71 Å². The van der Waals surface area contributed by atoms with Gasteiger partial charge in [0, 0.05) is 10.7 Å². The van der Waals surface area contributed by atoms with Crippen LogP contribution in [0.1, 0.15) is 29.4 Å². The van der Waals surface area contributed by atoms with Gasteiger partial charge in [0.2, 0.25) is 0 Å². The summed E-state index contributed by atoms with van der Waals surface area (Å²) in [5.41, 5.74) is 2.49. The minimum absolute atomic E-state index is 0.693. The zero-order valence-corrected chi connectivity index (χ0v) is 13.5. The maximum atomic E-state index is 10.7. The third-order valence-electron chi connectivity index (χ3n) is 3.49. The first kappa shape index (κ1) is 15.2. The average Bonchev–Trinajstić information content (AvgIpc) is 3.09. The molecule has 3 rings (SSSR count). The van der Waals surface area contributed by atoms with Crippen LogP contribution in [0, 0.1) is 0 Å². The highest BCUT2D eigenvalue weighted by Gasteiger charge is 2.19. The summed E-state index contributed by atoms with van der Waals surface area (Å²) < 4.78 is 0. The van der Waals surface area contributed by atoms with Gasteiger partial charge in [0.25, 0.3) is 0 Å². The lowest BCUT2D eigenvalue weighted by atomic mass is 10.0. The molecule has 0 saturated heterocycles. The molecule has 1 aliphatic carbocycles. The lowest BCUT2D eigenvalue weighted by Crippen LogP contribution is -2.13. The van der Waals surface area contributed by atoms with Crippen LogP contribution in [0.2, 0.25) is 0 Å². The number of hydrogen-bond donors (Lipinski definition) is 1. The lowest BCUT2D eigenvalue weighted by molar-refractivity contribution is 0.248. The Balaban J connectivity index is 1.98. The van der Waals surface area contributed by atoms with Crippen LogP contribution in [0.15, 0.2) is 75.7 Å². The maximum absolute atomic E-state index is 10.7. The van der Waals surface area contributed by atoms with Crippen LogP contribution in [0.4, 0.5) is 0 Å². The van der Waals surface area contributed by atoms with Crippen LogP contribution in [0.25, 0.3) is 0 Å². The number of benzene rings is 1. The predicted molar refractivity (Wildman–Crippen MR) is 93.5 cm³/mol. The van der Waals surface area contributed by atoms with Crippen molar-refractivity contribution in [3.63, 3.8) is 0 Å². The van der Waals surface area contributed by atoms with E-state index < -0.39 is 6.10 Å². The van der Waals surface area contributed by atoms with E-state index in [0.717, 1.165) is 34.0 Å². The molecule has 0 bridgehead atoms. The van der Waals surface area contributed by atoms with Gasteiger partial charge in [0.05, 0.1) is 10.6 Å². The van der Waals surface area contributed by atoms with E-state index in [9.17, 15) is 5.11 Å². The second-order valence-corrected chi connectivity index (χ2v) is 6.49. The van der Waals surface area contributed by atoms with Gasteiger partial charge in [-0.3, -0.25) is 4.99 Å². The Hall–Kier alpha value is -1.68. The van der Waals surface area contributed by atoms with Gasteiger partial charge >= 0.3 is 0 Å². The minimum Gasteiger partial charge on any atom is -0.382 e. The van der Waals surface area contributed by atoms with Gasteiger partial charge in [-0.25, -0.2) is 0 Å². The summed E-state index contributed by atoms with van der Waals surface area (Å²) in [7, 11) is 0. The van der Waals surface area contributed by atoms with Crippen LogP contribution in [-0.2, 0) is 0 Å². The third kappa shape index (κ3) is 3.55. The van der Waals surface area contributed by atoms with E-state index in [1.807, 2.05) is 60.0 Å². The molecule has 0 saturated carbocycles. The van der Waals surface area contributed by atoms with E-state index in [4.69, 9.17) is 16.6 Å². The zero-order chi connectivity index (χ0) is 15.4. The SMILES string of the molecule is OC(C(=NC1=CC=C(Cl)CC1)c1cccs1)c1ccccc1. The van der Waals surface area contributed by atoms with E-state index in [2.05, 4.69) is 0 Å². The molecule has 112 valence electrons. The molecule has 2 nitrogen and oxygen atoms in total. The predicted octanol–water partition coefficient (Wildman–Crippen LogP) is 5.07. The molecule has 1 unspecified atom stereocenters. The number of aliphatic hydroxyl groups is 1. The van der Waals surface area contributed by atoms with Crippen molar-refractivity contribution >= 4 is 28.6 Å². The van der Waals surface area contributed by atoms with Crippen molar-refractivity contribution in [1.29, 1.82) is 0 Å². The monoisotopic (exact) mass is 329 g/mol. The van der Waals surface area contributed by atoms with E-state index in [1.54, 1.807) is 11.3 Å². The first-order chi connectivity index (χ1) is 10.7. The average molecular weight is 330 g/mol. The molecule has 0 fully saturated rings. The van der Waals surface area contributed by atoms with Gasteiger partial charge < -0.3 is 5.11 Å². The standard InChI is InChI=1S/C18H16ClNOS/c19-14-8-10-15(11-9-14)20-17(16-7-4-12-22-16)18(21)13-5-2-1-3-6-13/h1-8,10,12,18,21H,9,11H2. The number of aliphatic hydroxyl groups excluding tert-OH is 1. The van der Waals surface area contributed by atoms with Crippen LogP contribution in [0.3, 0.4) is 0 Å². The Morgan fingerprint density at radius 3 is 2.55 bits per heavy atom. The molecule has 4 heteroatoms. The molecule has 1 heterocycles. The summed E-state index contributed by atoms with van der Waals surface area (Å²) in [6, 6.07) is 13.6. The Kier molecular flexibility index (Phi) is 4.88. The second kappa shape index (κ2) is 7.05. The fraction of sp³-hybridized carbons (Fsp3) is 0.167. The maximum Gasteiger partial charge on any atom is 0.122 e. The lowest BCUT2D eigenvalue weighted by Gasteiger charge is -2.15. The molecule has 0 radical (unpaired) electrons. The Labute approximate surface area is 139 Å². The number of aliphatic imine (C=N–C) groups is 1. The molecule has 2 aromatic rings. The molecule has 1 aliphatic rings. The van der Waals surface area contributed by atoms with Gasteiger partial charge in [-0.05, 0) is 42.0 Å². The molecule has 0 aliphatic heterocycles. The number of hydrogen-bond acceptors (Lipinski definition) is 3. The number of rotatable bonds is 4. The number of thiophene rings is 1. The number of nitrogens with zero attached hydrogens (tertiary/aromatic N) is 1. The number of halogens is 1. The van der Waals surface area contributed by atoms with Gasteiger partial charge in [0.15, 0.2) is 0 Å². The number of allylic oxidation sites excluding steroid dienone is 4. The van der Waals surface area contributed by atoms with Gasteiger partial charge in [-0.1, -0.05) is 48.0 Å². The quantitative estimate of drug-likeness (QED) is 0.780. The topological polar surface area (TPSA) is 32.6 Å². The van der Waals surface area contributed by atoms with Crippen molar-refractivity contribution in [3.8, 4) is 0 Å². The van der Waals surface area contributed by atoms with Crippen molar-refractivity contribution in [2.45, 2.75) is 18.9 Å². The smallest absolute Gasteiger partial charge is 0.122 e. The Morgan fingerprint density at radius 2 is 1.91 bits per heavy atom. The van der Waals surface area contributed by atoms with Crippen LogP contribution in [0.5, 0.6) is 0 Å². The van der Waals surface area contributed by atoms with Crippen molar-refractivity contribution in [3.05, 3.63) is 81.2 Å². The Morgan fingerprint density at radius 1 is 1.09 bits per heavy atom. The van der Waals surface area contributed by atoms with Crippen LogP contribution in [-0.4, -0.2) is 10.8 Å². The van der Waals surface area contributed by atoms with E-state index in [1.165, 1.54) is 0 Å². The van der Waals surface area contributed by atoms with E-state index >= 15 is 0 Å². The Bertz CT molecular complexity index is 717. The highest BCUT2D eigenvalue weighted by molar-refractivity contribution is 7.12. The minimum atomic E-state index is -0.734. The molecule has 1 N–H and O–H groups in total. The normalized spacial score (nSPS) is 16.9. The van der Waals surface area contributed by atoms with Crippen molar-refractivity contribution in [2.24, 2.45) is 4.99 Å². The molecular weight excluding hydrogens is 314 g/mol. The fourth-order valence-electron chi connectivity index (χ4n) is 2.32. The highest BCUT2D eigenvalue weighted by atomic mass is 35.5. The zero-order valence-electron chi connectivity index (χ0n) is 11.9. The van der Waals surface area contributed by atoms with Crippen molar-refractivity contribution in [2.75, 3.05) is 0 Å². The molecule has 0 amide bonds. The van der Waals surface area contributed by atoms with Crippen molar-refractivity contribution < 1.29 is 5.11 Å². The first-order valence-electron chi connectivity index (χ1n) is 7.15. The van der Waals surface area contributed by atoms with Crippen molar-refractivity contribution in [1.82, 2.24) is 0 Å². The van der Waals surface area contributed by atoms with Gasteiger partial charge in [-0.15, -0.1) is 11.3 Å².